The van der Waals surface area contributed by atoms with E-state index in [2.05, 4.69) is 35.2 Å². The molecule has 0 radical (unpaired) electrons. The van der Waals surface area contributed by atoms with Gasteiger partial charge in [-0.05, 0) is 63.6 Å². The second kappa shape index (κ2) is 8.67. The van der Waals surface area contributed by atoms with Gasteiger partial charge in [0.05, 0.1) is 6.04 Å². The van der Waals surface area contributed by atoms with Crippen molar-refractivity contribution in [2.75, 3.05) is 26.2 Å². The molecule has 0 saturated carbocycles. The van der Waals surface area contributed by atoms with Gasteiger partial charge in [0.15, 0.2) is 0 Å². The predicted molar refractivity (Wildman–Crippen MR) is 102 cm³/mol. The summed E-state index contributed by atoms with van der Waals surface area (Å²) in [6.45, 7) is 5.31. The number of hydrogen-bond acceptors (Lipinski definition) is 3. The predicted octanol–water partition coefficient (Wildman–Crippen LogP) is 2.05. The van der Waals surface area contributed by atoms with Gasteiger partial charge in [0.2, 0.25) is 11.8 Å². The molecule has 5 heteroatoms. The van der Waals surface area contributed by atoms with E-state index in [4.69, 9.17) is 5.73 Å². The molecule has 5 nitrogen and oxygen atoms in total. The van der Waals surface area contributed by atoms with Crippen LogP contribution < -0.4 is 5.73 Å². The highest BCUT2D eigenvalue weighted by molar-refractivity contribution is 5.82. The van der Waals surface area contributed by atoms with Crippen molar-refractivity contribution < 1.29 is 9.59 Å². The minimum atomic E-state index is -0.231. The van der Waals surface area contributed by atoms with Crippen LogP contribution >= 0.6 is 0 Å². The third-order valence-electron chi connectivity index (χ3n) is 6.13. The van der Waals surface area contributed by atoms with E-state index in [1.165, 1.54) is 5.56 Å². The van der Waals surface area contributed by atoms with E-state index < -0.39 is 0 Å². The molecule has 142 valence electrons. The summed E-state index contributed by atoms with van der Waals surface area (Å²) >= 11 is 0. The van der Waals surface area contributed by atoms with Crippen molar-refractivity contribution in [1.29, 1.82) is 0 Å². The second-order valence-electron chi connectivity index (χ2n) is 7.85. The van der Waals surface area contributed by atoms with Crippen LogP contribution in [0.25, 0.3) is 0 Å². The Hall–Kier alpha value is -1.88. The maximum Gasteiger partial charge on any atom is 0.239 e. The quantitative estimate of drug-likeness (QED) is 0.877. The summed E-state index contributed by atoms with van der Waals surface area (Å²) in [7, 11) is 0. The first kappa shape index (κ1) is 18.9. The average Bonchev–Trinajstić information content (AvgIpc) is 2.68. The fourth-order valence-corrected chi connectivity index (χ4v) is 4.30. The zero-order valence-electron chi connectivity index (χ0n) is 15.8. The minimum Gasteiger partial charge on any atom is -0.369 e. The van der Waals surface area contributed by atoms with Crippen LogP contribution in [0.5, 0.6) is 0 Å². The summed E-state index contributed by atoms with van der Waals surface area (Å²) in [5, 5.41) is 0. The number of piperidine rings is 2. The smallest absolute Gasteiger partial charge is 0.239 e. The van der Waals surface area contributed by atoms with Crippen molar-refractivity contribution in [3.63, 3.8) is 0 Å². The molecule has 26 heavy (non-hydrogen) atoms. The van der Waals surface area contributed by atoms with Crippen LogP contribution in [-0.2, 0) is 16.0 Å². The van der Waals surface area contributed by atoms with Crippen LogP contribution in [-0.4, -0.2) is 53.8 Å². The Labute approximate surface area is 156 Å². The van der Waals surface area contributed by atoms with Gasteiger partial charge in [-0.3, -0.25) is 14.5 Å². The first-order valence-corrected chi connectivity index (χ1v) is 9.90. The number of nitrogens with two attached hydrogens (primary N) is 1. The Morgan fingerprint density at radius 1 is 1.04 bits per heavy atom. The number of carbonyl (C=O) groups excluding carboxylic acids is 2. The number of primary amides is 1. The van der Waals surface area contributed by atoms with Crippen molar-refractivity contribution in [2.45, 2.75) is 45.1 Å². The molecular weight excluding hydrogens is 326 g/mol. The van der Waals surface area contributed by atoms with E-state index in [0.29, 0.717) is 31.8 Å². The Morgan fingerprint density at radius 2 is 1.65 bits per heavy atom. The number of hydrogen-bond donors (Lipinski definition) is 1. The normalized spacial score (nSPS) is 21.5. The first-order chi connectivity index (χ1) is 12.5. The van der Waals surface area contributed by atoms with Gasteiger partial charge in [0, 0.05) is 19.0 Å². The topological polar surface area (TPSA) is 66.6 Å². The molecule has 2 amide bonds. The Balaban J connectivity index is 1.45. The van der Waals surface area contributed by atoms with Gasteiger partial charge in [-0.2, -0.15) is 0 Å². The molecule has 2 N–H and O–H groups in total. The van der Waals surface area contributed by atoms with Gasteiger partial charge in [-0.1, -0.05) is 30.3 Å². The van der Waals surface area contributed by atoms with Crippen LogP contribution in [0.2, 0.25) is 0 Å². The lowest BCUT2D eigenvalue weighted by atomic mass is 9.89. The largest absolute Gasteiger partial charge is 0.369 e. The van der Waals surface area contributed by atoms with Crippen molar-refractivity contribution in [3.8, 4) is 0 Å². The van der Waals surface area contributed by atoms with Gasteiger partial charge in [0.1, 0.15) is 0 Å². The molecule has 0 aliphatic carbocycles. The molecule has 2 fully saturated rings. The average molecular weight is 357 g/mol. The van der Waals surface area contributed by atoms with E-state index in [1.807, 2.05) is 11.8 Å². The molecule has 1 atom stereocenters. The maximum absolute atomic E-state index is 12.8. The molecule has 0 spiro atoms. The van der Waals surface area contributed by atoms with E-state index >= 15 is 0 Å². The molecule has 1 aromatic rings. The third-order valence-corrected chi connectivity index (χ3v) is 6.13. The van der Waals surface area contributed by atoms with Crippen molar-refractivity contribution in [2.24, 2.45) is 17.6 Å². The third kappa shape index (κ3) is 4.64. The zero-order valence-corrected chi connectivity index (χ0v) is 15.8. The summed E-state index contributed by atoms with van der Waals surface area (Å²) < 4.78 is 0. The number of benzene rings is 1. The van der Waals surface area contributed by atoms with E-state index in [0.717, 1.165) is 32.4 Å². The Morgan fingerprint density at radius 3 is 2.23 bits per heavy atom. The minimum absolute atomic E-state index is 0.0666. The van der Waals surface area contributed by atoms with Gasteiger partial charge < -0.3 is 10.6 Å². The molecule has 2 aliphatic rings. The summed E-state index contributed by atoms with van der Waals surface area (Å²) in [5.74, 6) is 0.616. The molecule has 0 bridgehead atoms. The summed E-state index contributed by atoms with van der Waals surface area (Å²) in [5.41, 5.74) is 6.79. The molecule has 1 aromatic carbocycles. The van der Waals surface area contributed by atoms with Crippen LogP contribution in [0.4, 0.5) is 0 Å². The second-order valence-corrected chi connectivity index (χ2v) is 7.85. The maximum atomic E-state index is 12.8. The van der Waals surface area contributed by atoms with Crippen LogP contribution in [0, 0.1) is 11.8 Å². The highest BCUT2D eigenvalue weighted by atomic mass is 16.2. The van der Waals surface area contributed by atoms with E-state index in [-0.39, 0.29) is 23.8 Å². The molecule has 0 unspecified atom stereocenters. The molecule has 2 aliphatic heterocycles. The highest BCUT2D eigenvalue weighted by Crippen LogP contribution is 2.24. The van der Waals surface area contributed by atoms with E-state index in [9.17, 15) is 9.59 Å². The standard InChI is InChI=1S/C21H31N3O2/c1-16(21(26)24-13-9-19(10-14-24)20(22)25)23-11-7-18(8-12-23)15-17-5-3-2-4-6-17/h2-6,16,18-19H,7-15H2,1H3,(H2,22,25)/t16-/m1/s1. The molecule has 2 heterocycles. The molecule has 3 rings (SSSR count). The van der Waals surface area contributed by atoms with Crippen molar-refractivity contribution in [1.82, 2.24) is 9.80 Å². The van der Waals surface area contributed by atoms with Crippen LogP contribution in [0.15, 0.2) is 30.3 Å². The number of carbonyl (C=O) groups is 2. The fourth-order valence-electron chi connectivity index (χ4n) is 4.30. The number of likely N-dealkylation sites (tertiary alicyclic amines) is 2. The fraction of sp³-hybridized carbons (Fsp3) is 0.619. The Kier molecular flexibility index (Phi) is 6.30. The highest BCUT2D eigenvalue weighted by Gasteiger charge is 2.32. The van der Waals surface area contributed by atoms with Gasteiger partial charge in [-0.15, -0.1) is 0 Å². The lowest BCUT2D eigenvalue weighted by Gasteiger charge is -2.39. The van der Waals surface area contributed by atoms with Crippen molar-refractivity contribution in [3.05, 3.63) is 35.9 Å². The molecule has 0 aromatic heterocycles. The monoisotopic (exact) mass is 357 g/mol. The number of nitrogens with zero attached hydrogens (tertiary/aromatic N) is 2. The Bertz CT molecular complexity index is 603. The number of rotatable bonds is 5. The van der Waals surface area contributed by atoms with Crippen molar-refractivity contribution >= 4 is 11.8 Å². The molecular formula is C21H31N3O2. The summed E-state index contributed by atoms with van der Waals surface area (Å²) in [6, 6.07) is 10.6. The molecule has 2 saturated heterocycles. The number of amides is 2. The lowest BCUT2D eigenvalue weighted by Crippen LogP contribution is -2.52. The SMILES string of the molecule is C[C@H](C(=O)N1CCC(C(N)=O)CC1)N1CCC(Cc2ccccc2)CC1. The van der Waals surface area contributed by atoms with Crippen LogP contribution in [0.3, 0.4) is 0 Å². The van der Waals surface area contributed by atoms with Gasteiger partial charge >= 0.3 is 0 Å². The lowest BCUT2D eigenvalue weighted by molar-refractivity contribution is -0.140. The first-order valence-electron chi connectivity index (χ1n) is 9.90. The van der Waals surface area contributed by atoms with Gasteiger partial charge in [0.25, 0.3) is 0 Å². The zero-order chi connectivity index (χ0) is 18.5. The van der Waals surface area contributed by atoms with Crippen LogP contribution in [0.1, 0.15) is 38.2 Å². The van der Waals surface area contributed by atoms with Gasteiger partial charge in [-0.25, -0.2) is 0 Å². The summed E-state index contributed by atoms with van der Waals surface area (Å²) in [4.78, 5) is 28.3. The summed E-state index contributed by atoms with van der Waals surface area (Å²) in [6.07, 6.45) is 4.84. The van der Waals surface area contributed by atoms with E-state index in [1.54, 1.807) is 0 Å².